The van der Waals surface area contributed by atoms with Crippen molar-refractivity contribution >= 4 is 22.8 Å². The van der Waals surface area contributed by atoms with Crippen molar-refractivity contribution in [1.82, 2.24) is 19.9 Å². The van der Waals surface area contributed by atoms with Crippen LogP contribution in [0.3, 0.4) is 0 Å². The van der Waals surface area contributed by atoms with E-state index in [1.807, 2.05) is 48.7 Å². The third-order valence-electron chi connectivity index (χ3n) is 6.92. The number of carbonyl (C=O) groups is 1. The minimum atomic E-state index is 0.135. The topological polar surface area (TPSA) is 65.1 Å². The summed E-state index contributed by atoms with van der Waals surface area (Å²) in [6.07, 6.45) is 6.57. The molecule has 2 aromatic carbocycles. The molecule has 6 nitrogen and oxygen atoms in total. The molecular formula is C26H25N5O. The van der Waals surface area contributed by atoms with Crippen molar-refractivity contribution in [2.45, 2.75) is 31.3 Å². The predicted octanol–water partition coefficient (Wildman–Crippen LogP) is 4.51. The molecule has 1 N–H and O–H groups in total. The highest BCUT2D eigenvalue weighted by molar-refractivity contribution is 6.01. The number of aromatic nitrogens is 3. The molecular weight excluding hydrogens is 398 g/mol. The molecule has 32 heavy (non-hydrogen) atoms. The molecule has 2 atom stereocenters. The second-order valence-corrected chi connectivity index (χ2v) is 8.61. The Balaban J connectivity index is 1.33. The van der Waals surface area contributed by atoms with E-state index in [9.17, 15) is 4.79 Å². The van der Waals surface area contributed by atoms with Gasteiger partial charge in [0.1, 0.15) is 17.8 Å². The molecule has 2 fully saturated rings. The van der Waals surface area contributed by atoms with Crippen molar-refractivity contribution in [2.24, 2.45) is 0 Å². The molecule has 0 spiro atoms. The van der Waals surface area contributed by atoms with Crippen molar-refractivity contribution < 1.29 is 4.79 Å². The van der Waals surface area contributed by atoms with Gasteiger partial charge in [-0.05, 0) is 42.5 Å². The van der Waals surface area contributed by atoms with Gasteiger partial charge in [-0.15, -0.1) is 0 Å². The first kappa shape index (κ1) is 19.0. The van der Waals surface area contributed by atoms with Crippen molar-refractivity contribution in [2.75, 3.05) is 18.0 Å². The average Bonchev–Trinajstić information content (AvgIpc) is 3.51. The number of anilines is 1. The van der Waals surface area contributed by atoms with Crippen LogP contribution in [0.2, 0.25) is 0 Å². The number of hydrogen-bond acceptors (Lipinski definition) is 4. The van der Waals surface area contributed by atoms with Gasteiger partial charge in [-0.25, -0.2) is 9.97 Å². The van der Waals surface area contributed by atoms with E-state index in [1.165, 1.54) is 0 Å². The van der Waals surface area contributed by atoms with Crippen molar-refractivity contribution in [3.63, 3.8) is 0 Å². The maximum atomic E-state index is 13.8. The highest BCUT2D eigenvalue weighted by Crippen LogP contribution is 2.37. The molecule has 0 radical (unpaired) electrons. The fourth-order valence-corrected chi connectivity index (χ4v) is 5.48. The van der Waals surface area contributed by atoms with Crippen molar-refractivity contribution in [3.05, 3.63) is 78.8 Å². The van der Waals surface area contributed by atoms with E-state index >= 15 is 0 Å². The van der Waals surface area contributed by atoms with Crippen LogP contribution >= 0.6 is 0 Å². The second kappa shape index (κ2) is 7.79. The lowest BCUT2D eigenvalue weighted by Gasteiger charge is -2.40. The van der Waals surface area contributed by atoms with E-state index in [4.69, 9.17) is 0 Å². The van der Waals surface area contributed by atoms with Crippen molar-refractivity contribution in [3.8, 4) is 11.1 Å². The number of fused-ring (bicyclic) bond motifs is 2. The molecule has 6 rings (SSSR count). The van der Waals surface area contributed by atoms with Crippen LogP contribution in [0.25, 0.3) is 22.2 Å². The molecule has 4 heterocycles. The number of hydrogen-bond donors (Lipinski definition) is 1. The summed E-state index contributed by atoms with van der Waals surface area (Å²) in [4.78, 5) is 30.5. The number of rotatable bonds is 3. The van der Waals surface area contributed by atoms with Crippen LogP contribution in [0, 0.1) is 0 Å². The van der Waals surface area contributed by atoms with E-state index in [1.54, 1.807) is 6.33 Å². The van der Waals surface area contributed by atoms with Crippen LogP contribution in [-0.2, 0) is 0 Å². The number of carbonyl (C=O) groups excluding carboxylic acids is 1. The molecule has 0 unspecified atom stereocenters. The van der Waals surface area contributed by atoms with Gasteiger partial charge in [0.25, 0.3) is 5.91 Å². The molecule has 0 aliphatic carbocycles. The fraction of sp³-hybridized carbons (Fsp3) is 0.269. The smallest absolute Gasteiger partial charge is 0.254 e. The summed E-state index contributed by atoms with van der Waals surface area (Å²) in [5.74, 6) is 1.11. The van der Waals surface area contributed by atoms with Gasteiger partial charge >= 0.3 is 0 Å². The van der Waals surface area contributed by atoms with Gasteiger partial charge in [0, 0.05) is 24.8 Å². The van der Waals surface area contributed by atoms with Crippen LogP contribution in [0.4, 0.5) is 5.82 Å². The van der Waals surface area contributed by atoms with Gasteiger partial charge in [-0.2, -0.15) is 0 Å². The van der Waals surface area contributed by atoms with Gasteiger partial charge < -0.3 is 14.8 Å². The average molecular weight is 424 g/mol. The number of amides is 1. The number of H-pyrrole nitrogens is 1. The van der Waals surface area contributed by atoms with Crippen LogP contribution in [0.15, 0.2) is 73.2 Å². The third kappa shape index (κ3) is 3.06. The van der Waals surface area contributed by atoms with E-state index in [-0.39, 0.29) is 18.0 Å². The van der Waals surface area contributed by atoms with E-state index in [0.29, 0.717) is 0 Å². The van der Waals surface area contributed by atoms with Gasteiger partial charge in [0.15, 0.2) is 0 Å². The fourth-order valence-electron chi connectivity index (χ4n) is 5.48. The summed E-state index contributed by atoms with van der Waals surface area (Å²) in [5, 5.41) is 1.05. The second-order valence-electron chi connectivity index (χ2n) is 8.61. The Labute approximate surface area is 186 Å². The summed E-state index contributed by atoms with van der Waals surface area (Å²) < 4.78 is 0. The van der Waals surface area contributed by atoms with E-state index in [2.05, 4.69) is 43.0 Å². The molecule has 2 aliphatic heterocycles. The minimum Gasteiger partial charge on any atom is -0.351 e. The number of benzene rings is 2. The van der Waals surface area contributed by atoms with Crippen molar-refractivity contribution in [1.29, 1.82) is 0 Å². The number of nitrogens with one attached hydrogen (secondary N) is 1. The van der Waals surface area contributed by atoms with Crippen LogP contribution < -0.4 is 4.90 Å². The first-order valence-corrected chi connectivity index (χ1v) is 11.3. The lowest BCUT2D eigenvalue weighted by atomic mass is 9.93. The predicted molar refractivity (Wildman–Crippen MR) is 126 cm³/mol. The lowest BCUT2D eigenvalue weighted by Crippen LogP contribution is -2.52. The highest BCUT2D eigenvalue weighted by Gasteiger charge is 2.43. The van der Waals surface area contributed by atoms with Gasteiger partial charge in [-0.1, -0.05) is 48.5 Å². The Morgan fingerprint density at radius 1 is 0.906 bits per heavy atom. The maximum Gasteiger partial charge on any atom is 0.254 e. The normalized spacial score (nSPS) is 20.5. The molecule has 2 saturated heterocycles. The first-order chi connectivity index (χ1) is 15.8. The standard InChI is InChI=1S/C26H25N5O/c32-26(20-10-5-4-9-19(20)18-7-2-1-3-8-18)31-15-6-11-22-23(31)13-16-30(22)25-21-12-14-27-24(21)28-17-29-25/h1-5,7-10,12,14,17,22-23H,6,11,13,15-16H2,(H,27,28,29)/t22-,23-/m1/s1. The Bertz CT molecular complexity index is 1270. The molecule has 160 valence electrons. The summed E-state index contributed by atoms with van der Waals surface area (Å²) in [7, 11) is 0. The molecule has 0 bridgehead atoms. The summed E-state index contributed by atoms with van der Waals surface area (Å²) in [5.41, 5.74) is 3.72. The number of piperidine rings is 1. The van der Waals surface area contributed by atoms with Gasteiger partial charge in [0.05, 0.1) is 17.5 Å². The van der Waals surface area contributed by atoms with Crippen LogP contribution in [0.5, 0.6) is 0 Å². The highest BCUT2D eigenvalue weighted by atomic mass is 16.2. The molecule has 1 amide bonds. The summed E-state index contributed by atoms with van der Waals surface area (Å²) in [6, 6.07) is 20.7. The number of likely N-dealkylation sites (tertiary alicyclic amines) is 1. The van der Waals surface area contributed by atoms with E-state index in [0.717, 1.165) is 65.9 Å². The Morgan fingerprint density at radius 3 is 2.66 bits per heavy atom. The lowest BCUT2D eigenvalue weighted by molar-refractivity contribution is 0.0609. The van der Waals surface area contributed by atoms with Crippen LogP contribution in [-0.4, -0.2) is 50.9 Å². The number of aromatic amines is 1. The maximum absolute atomic E-state index is 13.8. The van der Waals surface area contributed by atoms with Gasteiger partial charge in [-0.3, -0.25) is 4.79 Å². The molecule has 2 aliphatic rings. The zero-order valence-electron chi connectivity index (χ0n) is 17.8. The van der Waals surface area contributed by atoms with E-state index < -0.39 is 0 Å². The molecule has 4 aromatic rings. The zero-order chi connectivity index (χ0) is 21.5. The Morgan fingerprint density at radius 2 is 1.75 bits per heavy atom. The van der Waals surface area contributed by atoms with Crippen LogP contribution in [0.1, 0.15) is 29.6 Å². The monoisotopic (exact) mass is 423 g/mol. The first-order valence-electron chi connectivity index (χ1n) is 11.3. The minimum absolute atomic E-state index is 0.135. The SMILES string of the molecule is O=C(c1ccccc1-c1ccccc1)N1CCC[C@@H]2[C@H]1CCN2c1ncnc2[nH]ccc12. The summed E-state index contributed by atoms with van der Waals surface area (Å²) in [6.45, 7) is 1.71. The molecule has 0 saturated carbocycles. The zero-order valence-corrected chi connectivity index (χ0v) is 17.8. The largest absolute Gasteiger partial charge is 0.351 e. The Kier molecular flexibility index (Phi) is 4.63. The molecule has 6 heteroatoms. The third-order valence-corrected chi connectivity index (χ3v) is 6.92. The van der Waals surface area contributed by atoms with Gasteiger partial charge in [0.2, 0.25) is 0 Å². The quantitative estimate of drug-likeness (QED) is 0.527. The molecule has 2 aromatic heterocycles. The Hall–Kier alpha value is -3.67. The number of nitrogens with zero attached hydrogens (tertiary/aromatic N) is 4. The summed E-state index contributed by atoms with van der Waals surface area (Å²) >= 11 is 0.